The molecule has 1 saturated heterocycles. The fourth-order valence-corrected chi connectivity index (χ4v) is 4.01. The van der Waals surface area contributed by atoms with Gasteiger partial charge in [-0.3, -0.25) is 4.79 Å². The van der Waals surface area contributed by atoms with Crippen LogP contribution >= 0.6 is 11.9 Å². The molecule has 29 heavy (non-hydrogen) atoms. The van der Waals surface area contributed by atoms with Gasteiger partial charge in [0.15, 0.2) is 0 Å². The van der Waals surface area contributed by atoms with Crippen LogP contribution in [0.4, 0.5) is 23.2 Å². The molecule has 1 fully saturated rings. The van der Waals surface area contributed by atoms with Crippen molar-refractivity contribution in [1.82, 2.24) is 5.32 Å². The van der Waals surface area contributed by atoms with E-state index in [1.54, 1.807) is 0 Å². The first-order chi connectivity index (χ1) is 13.8. The lowest BCUT2D eigenvalue weighted by molar-refractivity contribution is -0.137. The second-order valence-corrected chi connectivity index (χ2v) is 7.39. The van der Waals surface area contributed by atoms with Crippen LogP contribution < -0.4 is 15.4 Å². The summed E-state index contributed by atoms with van der Waals surface area (Å²) in [4.78, 5) is 11.6. The molecule has 10 heteroatoms. The van der Waals surface area contributed by atoms with Gasteiger partial charge in [-0.05, 0) is 47.8 Å². The highest BCUT2D eigenvalue weighted by Crippen LogP contribution is 2.48. The highest BCUT2D eigenvalue weighted by atomic mass is 32.2. The maximum Gasteiger partial charge on any atom is 0.416 e. The number of halogens is 4. The molecule has 2 aromatic carbocycles. The second kappa shape index (κ2) is 9.02. The van der Waals surface area contributed by atoms with Crippen molar-refractivity contribution >= 4 is 23.5 Å². The Hall–Kier alpha value is -2.30. The molecule has 0 bridgehead atoms. The summed E-state index contributed by atoms with van der Waals surface area (Å²) in [5.41, 5.74) is 5.58. The number of carbonyl (C=O) groups is 1. The zero-order chi connectivity index (χ0) is 21.0. The van der Waals surface area contributed by atoms with Crippen molar-refractivity contribution in [1.29, 1.82) is 0 Å². The fourth-order valence-electron chi connectivity index (χ4n) is 2.88. The van der Waals surface area contributed by atoms with Crippen molar-refractivity contribution in [2.24, 2.45) is 5.73 Å². The summed E-state index contributed by atoms with van der Waals surface area (Å²) in [5.74, 6) is -1.14. The zero-order valence-corrected chi connectivity index (χ0v) is 16.1. The predicted molar refractivity (Wildman–Crippen MR) is 103 cm³/mol. The number of rotatable bonds is 2. The molecular weight excluding hydrogens is 410 g/mol. The highest BCUT2D eigenvalue weighted by molar-refractivity contribution is 8.01. The van der Waals surface area contributed by atoms with Crippen LogP contribution in [0.5, 0.6) is 0 Å². The Morgan fingerprint density at radius 2 is 1.86 bits per heavy atom. The van der Waals surface area contributed by atoms with Crippen molar-refractivity contribution < 1.29 is 27.1 Å². The monoisotopic (exact) mass is 429 g/mol. The van der Waals surface area contributed by atoms with Gasteiger partial charge in [0.1, 0.15) is 12.4 Å². The van der Waals surface area contributed by atoms with E-state index in [0.29, 0.717) is 16.1 Å². The summed E-state index contributed by atoms with van der Waals surface area (Å²) in [6, 6.07) is 7.07. The summed E-state index contributed by atoms with van der Waals surface area (Å²) >= 11 is 1.07. The SMILES string of the molecule is C1COCCN1.NC(=O)CN1Sc2cc(F)ccc2-c2cc(C(F)(F)F)ccc21. The van der Waals surface area contributed by atoms with Crippen molar-refractivity contribution in [3.05, 3.63) is 47.8 Å². The zero-order valence-electron chi connectivity index (χ0n) is 15.3. The van der Waals surface area contributed by atoms with Crippen LogP contribution in [0.25, 0.3) is 11.1 Å². The average molecular weight is 429 g/mol. The normalized spacial score (nSPS) is 15.7. The molecule has 156 valence electrons. The van der Waals surface area contributed by atoms with Gasteiger partial charge in [0.2, 0.25) is 5.91 Å². The van der Waals surface area contributed by atoms with Crippen molar-refractivity contribution in [3.63, 3.8) is 0 Å². The van der Waals surface area contributed by atoms with E-state index in [9.17, 15) is 22.4 Å². The Balaban J connectivity index is 0.000000343. The van der Waals surface area contributed by atoms with Gasteiger partial charge in [-0.25, -0.2) is 4.39 Å². The lowest BCUT2D eigenvalue weighted by Crippen LogP contribution is -2.30. The molecule has 0 unspecified atom stereocenters. The van der Waals surface area contributed by atoms with Gasteiger partial charge in [0, 0.05) is 23.5 Å². The number of nitrogens with two attached hydrogens (primary N) is 1. The third-order valence-electron chi connectivity index (χ3n) is 4.18. The van der Waals surface area contributed by atoms with Gasteiger partial charge in [0.05, 0.1) is 24.5 Å². The Morgan fingerprint density at radius 1 is 1.14 bits per heavy atom. The van der Waals surface area contributed by atoms with Gasteiger partial charge in [-0.2, -0.15) is 13.2 Å². The van der Waals surface area contributed by atoms with Crippen LogP contribution in [-0.4, -0.2) is 38.8 Å². The third kappa shape index (κ3) is 5.40. The van der Waals surface area contributed by atoms with Crippen LogP contribution in [0.15, 0.2) is 41.3 Å². The Morgan fingerprint density at radius 3 is 2.41 bits per heavy atom. The Kier molecular flexibility index (Phi) is 6.66. The van der Waals surface area contributed by atoms with Crippen LogP contribution in [-0.2, 0) is 15.7 Å². The molecule has 0 radical (unpaired) electrons. The number of anilines is 1. The standard InChI is InChI=1S/C15H10F4N2OS.C4H9NO/c16-9-2-3-10-11-5-8(15(17,18)19)1-4-12(11)21(7-14(20)22)23-13(10)6-9;1-3-6-4-2-5-1/h1-6H,7H2,(H2,20,22);5H,1-4H2. The van der Waals surface area contributed by atoms with Gasteiger partial charge >= 0.3 is 6.18 Å². The number of alkyl halides is 3. The van der Waals surface area contributed by atoms with E-state index >= 15 is 0 Å². The lowest BCUT2D eigenvalue weighted by Gasteiger charge is -2.31. The molecule has 0 spiro atoms. The van der Waals surface area contributed by atoms with Crippen LogP contribution in [0.1, 0.15) is 5.56 Å². The largest absolute Gasteiger partial charge is 0.416 e. The molecule has 3 N–H and O–H groups in total. The number of nitrogens with zero attached hydrogens (tertiary/aromatic N) is 1. The number of amides is 1. The van der Waals surface area contributed by atoms with E-state index in [2.05, 4.69) is 5.32 Å². The smallest absolute Gasteiger partial charge is 0.379 e. The number of fused-ring (bicyclic) bond motifs is 3. The van der Waals surface area contributed by atoms with Crippen molar-refractivity contribution in [2.75, 3.05) is 37.2 Å². The molecule has 2 heterocycles. The van der Waals surface area contributed by atoms with E-state index in [4.69, 9.17) is 10.5 Å². The van der Waals surface area contributed by atoms with E-state index < -0.39 is 23.5 Å². The number of benzene rings is 2. The van der Waals surface area contributed by atoms with Gasteiger partial charge in [-0.1, -0.05) is 6.07 Å². The minimum Gasteiger partial charge on any atom is -0.379 e. The van der Waals surface area contributed by atoms with Crippen molar-refractivity contribution in [3.8, 4) is 11.1 Å². The number of nitrogens with one attached hydrogen (secondary N) is 1. The van der Waals surface area contributed by atoms with Crippen LogP contribution in [0.3, 0.4) is 0 Å². The summed E-state index contributed by atoms with van der Waals surface area (Å²) in [6.07, 6.45) is -4.49. The first-order valence-corrected chi connectivity index (χ1v) is 9.56. The topological polar surface area (TPSA) is 67.6 Å². The van der Waals surface area contributed by atoms with Gasteiger partial charge in [0.25, 0.3) is 0 Å². The molecule has 1 amide bonds. The fraction of sp³-hybridized carbons (Fsp3) is 0.316. The van der Waals surface area contributed by atoms with Gasteiger partial charge in [-0.15, -0.1) is 0 Å². The molecule has 5 nitrogen and oxygen atoms in total. The quantitative estimate of drug-likeness (QED) is 0.566. The van der Waals surface area contributed by atoms with E-state index in [1.165, 1.54) is 28.6 Å². The van der Waals surface area contributed by atoms with E-state index in [0.717, 1.165) is 50.4 Å². The lowest BCUT2D eigenvalue weighted by atomic mass is 10.00. The van der Waals surface area contributed by atoms with Crippen LogP contribution in [0, 0.1) is 5.82 Å². The summed E-state index contributed by atoms with van der Waals surface area (Å²) in [7, 11) is 0. The summed E-state index contributed by atoms with van der Waals surface area (Å²) in [6.45, 7) is 3.64. The maximum absolute atomic E-state index is 13.4. The Labute approximate surface area is 169 Å². The highest BCUT2D eigenvalue weighted by Gasteiger charge is 2.33. The van der Waals surface area contributed by atoms with Gasteiger partial charge < -0.3 is 20.1 Å². The molecule has 2 aromatic rings. The molecule has 0 saturated carbocycles. The minimum absolute atomic E-state index is 0.195. The number of carbonyl (C=O) groups excluding carboxylic acids is 1. The predicted octanol–water partition coefficient (Wildman–Crippen LogP) is 3.43. The molecule has 0 atom stereocenters. The molecule has 2 aliphatic heterocycles. The number of morpholine rings is 1. The third-order valence-corrected chi connectivity index (χ3v) is 5.26. The molecule has 2 aliphatic rings. The first-order valence-electron chi connectivity index (χ1n) is 8.79. The molecular formula is C19H19F4N3O2S. The minimum atomic E-state index is -4.49. The summed E-state index contributed by atoms with van der Waals surface area (Å²) in [5, 5.41) is 3.16. The number of hydrogen-bond acceptors (Lipinski definition) is 5. The number of primary amides is 1. The van der Waals surface area contributed by atoms with Crippen molar-refractivity contribution in [2.45, 2.75) is 11.1 Å². The molecule has 0 aliphatic carbocycles. The maximum atomic E-state index is 13.4. The Bertz CT molecular complexity index is 877. The first kappa shape index (κ1) is 21.4. The molecule has 0 aromatic heterocycles. The second-order valence-electron chi connectivity index (χ2n) is 6.33. The average Bonchev–Trinajstić information content (AvgIpc) is 2.68. The van der Waals surface area contributed by atoms with E-state index in [1.807, 2.05) is 0 Å². The number of hydrogen-bond donors (Lipinski definition) is 2. The van der Waals surface area contributed by atoms with E-state index in [-0.39, 0.29) is 12.1 Å². The summed E-state index contributed by atoms with van der Waals surface area (Å²) < 4.78 is 58.7. The molecule has 4 rings (SSSR count). The van der Waals surface area contributed by atoms with Crippen LogP contribution in [0.2, 0.25) is 0 Å². The number of ether oxygens (including phenoxy) is 1.